The SMILES string of the molecule is COc1nnc(-c2cc3c([nH]c2=O)CCN(Cc2ccccc2Cl)C3)o1. The van der Waals surface area contributed by atoms with Gasteiger partial charge in [0, 0.05) is 36.8 Å². The number of fused-ring (bicyclic) bond motifs is 1. The van der Waals surface area contributed by atoms with Crippen LogP contribution in [0.25, 0.3) is 11.5 Å². The van der Waals surface area contributed by atoms with Crippen molar-refractivity contribution in [3.63, 3.8) is 0 Å². The zero-order chi connectivity index (χ0) is 18.1. The lowest BCUT2D eigenvalue weighted by Gasteiger charge is -2.28. The summed E-state index contributed by atoms with van der Waals surface area (Å²) in [5, 5.41) is 8.36. The lowest BCUT2D eigenvalue weighted by Crippen LogP contribution is -2.32. The van der Waals surface area contributed by atoms with Gasteiger partial charge in [-0.25, -0.2) is 0 Å². The number of nitrogens with zero attached hydrogens (tertiary/aromatic N) is 3. The molecule has 0 saturated carbocycles. The Bertz CT molecular complexity index is 998. The van der Waals surface area contributed by atoms with Crippen LogP contribution in [0.3, 0.4) is 0 Å². The number of nitrogens with one attached hydrogen (secondary N) is 1. The highest BCUT2D eigenvalue weighted by molar-refractivity contribution is 6.31. The molecule has 0 radical (unpaired) electrons. The maximum absolute atomic E-state index is 12.4. The Balaban J connectivity index is 1.61. The Morgan fingerprint density at radius 3 is 2.96 bits per heavy atom. The predicted molar refractivity (Wildman–Crippen MR) is 96.2 cm³/mol. The number of ether oxygens (including phenoxy) is 1. The van der Waals surface area contributed by atoms with Crippen LogP contribution >= 0.6 is 11.6 Å². The Morgan fingerprint density at radius 2 is 2.19 bits per heavy atom. The number of halogens is 1. The molecule has 0 bridgehead atoms. The summed E-state index contributed by atoms with van der Waals surface area (Å²) >= 11 is 6.27. The van der Waals surface area contributed by atoms with E-state index >= 15 is 0 Å². The molecule has 0 fully saturated rings. The fourth-order valence-corrected chi connectivity index (χ4v) is 3.32. The van der Waals surface area contributed by atoms with Crippen molar-refractivity contribution in [3.05, 3.63) is 62.5 Å². The second-order valence-electron chi connectivity index (χ2n) is 6.15. The van der Waals surface area contributed by atoms with Gasteiger partial charge in [-0.2, -0.15) is 0 Å². The van der Waals surface area contributed by atoms with Crippen LogP contribution in [0.5, 0.6) is 6.08 Å². The molecule has 1 aliphatic heterocycles. The molecule has 26 heavy (non-hydrogen) atoms. The average molecular weight is 373 g/mol. The molecule has 0 amide bonds. The molecule has 134 valence electrons. The molecule has 1 aliphatic rings. The van der Waals surface area contributed by atoms with Crippen molar-refractivity contribution in [2.45, 2.75) is 19.5 Å². The maximum atomic E-state index is 12.4. The van der Waals surface area contributed by atoms with Crippen molar-refractivity contribution in [1.29, 1.82) is 0 Å². The molecule has 3 heterocycles. The molecule has 1 aromatic carbocycles. The summed E-state index contributed by atoms with van der Waals surface area (Å²) in [4.78, 5) is 17.6. The van der Waals surface area contributed by atoms with Gasteiger partial charge in [0.2, 0.25) is 0 Å². The van der Waals surface area contributed by atoms with Crippen LogP contribution in [-0.4, -0.2) is 33.7 Å². The first-order chi connectivity index (χ1) is 12.6. The summed E-state index contributed by atoms with van der Waals surface area (Å²) in [6.07, 6.45) is 0.792. The number of aromatic amines is 1. The largest absolute Gasteiger partial charge is 0.452 e. The van der Waals surface area contributed by atoms with Crippen LogP contribution in [-0.2, 0) is 19.5 Å². The molecule has 0 saturated heterocycles. The number of hydrogen-bond donors (Lipinski definition) is 1. The Morgan fingerprint density at radius 1 is 1.35 bits per heavy atom. The Hall–Kier alpha value is -2.64. The van der Waals surface area contributed by atoms with E-state index in [0.29, 0.717) is 12.1 Å². The second-order valence-corrected chi connectivity index (χ2v) is 6.55. The van der Waals surface area contributed by atoms with E-state index in [4.69, 9.17) is 20.8 Å². The van der Waals surface area contributed by atoms with E-state index in [9.17, 15) is 4.79 Å². The number of methoxy groups -OCH3 is 1. The number of H-pyrrole nitrogens is 1. The molecule has 0 spiro atoms. The van der Waals surface area contributed by atoms with Gasteiger partial charge in [-0.15, -0.1) is 5.10 Å². The number of benzene rings is 1. The van der Waals surface area contributed by atoms with Gasteiger partial charge in [-0.3, -0.25) is 9.69 Å². The van der Waals surface area contributed by atoms with Crippen molar-refractivity contribution in [3.8, 4) is 17.5 Å². The fourth-order valence-electron chi connectivity index (χ4n) is 3.13. The second kappa shape index (κ2) is 6.93. The summed E-state index contributed by atoms with van der Waals surface area (Å²) in [5.74, 6) is 0.147. The monoisotopic (exact) mass is 372 g/mol. The van der Waals surface area contributed by atoms with Crippen LogP contribution in [0.4, 0.5) is 0 Å². The third-order valence-corrected chi connectivity index (χ3v) is 4.82. The van der Waals surface area contributed by atoms with E-state index in [1.807, 2.05) is 30.3 Å². The summed E-state index contributed by atoms with van der Waals surface area (Å²) in [6, 6.07) is 9.65. The molecule has 7 nitrogen and oxygen atoms in total. The third kappa shape index (κ3) is 3.23. The van der Waals surface area contributed by atoms with Gasteiger partial charge in [0.15, 0.2) is 0 Å². The molecule has 0 aliphatic carbocycles. The summed E-state index contributed by atoms with van der Waals surface area (Å²) < 4.78 is 10.2. The number of hydrogen-bond acceptors (Lipinski definition) is 6. The number of pyridine rings is 1. The van der Waals surface area contributed by atoms with E-state index in [-0.39, 0.29) is 17.5 Å². The zero-order valence-electron chi connectivity index (χ0n) is 14.2. The highest BCUT2D eigenvalue weighted by atomic mass is 35.5. The average Bonchev–Trinajstić information content (AvgIpc) is 3.12. The van der Waals surface area contributed by atoms with Gasteiger partial charge in [-0.1, -0.05) is 34.9 Å². The van der Waals surface area contributed by atoms with Gasteiger partial charge in [0.1, 0.15) is 5.56 Å². The summed E-state index contributed by atoms with van der Waals surface area (Å²) in [5.41, 5.74) is 3.17. The lowest BCUT2D eigenvalue weighted by molar-refractivity contribution is 0.243. The van der Waals surface area contributed by atoms with E-state index in [2.05, 4.69) is 20.1 Å². The maximum Gasteiger partial charge on any atom is 0.414 e. The number of rotatable bonds is 4. The molecular formula is C18H17ClN4O3. The minimum absolute atomic E-state index is 0.0254. The number of aromatic nitrogens is 3. The van der Waals surface area contributed by atoms with Gasteiger partial charge in [0.05, 0.1) is 7.11 Å². The quantitative estimate of drug-likeness (QED) is 0.758. The van der Waals surface area contributed by atoms with Crippen LogP contribution in [0.1, 0.15) is 16.8 Å². The molecular weight excluding hydrogens is 356 g/mol. The van der Waals surface area contributed by atoms with Crippen LogP contribution in [0.2, 0.25) is 5.02 Å². The van der Waals surface area contributed by atoms with Crippen molar-refractivity contribution in [2.75, 3.05) is 13.7 Å². The van der Waals surface area contributed by atoms with Crippen LogP contribution in [0.15, 0.2) is 39.5 Å². The molecule has 8 heteroatoms. The Kier molecular flexibility index (Phi) is 4.48. The van der Waals surface area contributed by atoms with E-state index in [0.717, 1.165) is 41.4 Å². The standard InChI is InChI=1S/C18H17ClN4O3/c1-25-18-22-21-17(26-18)13-8-12-10-23(7-6-15(12)20-16(13)24)9-11-4-2-3-5-14(11)19/h2-5,8H,6-7,9-10H2,1H3,(H,20,24). The van der Waals surface area contributed by atoms with Crippen LogP contribution in [0, 0.1) is 0 Å². The molecule has 4 rings (SSSR count). The van der Waals surface area contributed by atoms with Crippen LogP contribution < -0.4 is 10.3 Å². The highest BCUT2D eigenvalue weighted by Gasteiger charge is 2.21. The normalized spacial score (nSPS) is 14.2. The summed E-state index contributed by atoms with van der Waals surface area (Å²) in [6.45, 7) is 2.31. The molecule has 1 N–H and O–H groups in total. The fraction of sp³-hybridized carbons (Fsp3) is 0.278. The van der Waals surface area contributed by atoms with E-state index in [1.165, 1.54) is 7.11 Å². The summed E-state index contributed by atoms with van der Waals surface area (Å²) in [7, 11) is 1.43. The third-order valence-electron chi connectivity index (χ3n) is 4.45. The van der Waals surface area contributed by atoms with Crippen molar-refractivity contribution >= 4 is 11.6 Å². The van der Waals surface area contributed by atoms with Crippen molar-refractivity contribution in [2.24, 2.45) is 0 Å². The van der Waals surface area contributed by atoms with Gasteiger partial charge >= 0.3 is 6.08 Å². The molecule has 2 aromatic heterocycles. The topological polar surface area (TPSA) is 84.2 Å². The smallest absolute Gasteiger partial charge is 0.414 e. The van der Waals surface area contributed by atoms with Gasteiger partial charge < -0.3 is 14.1 Å². The first-order valence-electron chi connectivity index (χ1n) is 8.22. The van der Waals surface area contributed by atoms with E-state index in [1.54, 1.807) is 0 Å². The van der Waals surface area contributed by atoms with Crippen molar-refractivity contribution in [1.82, 2.24) is 20.1 Å². The molecule has 3 aromatic rings. The van der Waals surface area contributed by atoms with E-state index < -0.39 is 0 Å². The molecule has 0 unspecified atom stereocenters. The first-order valence-corrected chi connectivity index (χ1v) is 8.60. The van der Waals surface area contributed by atoms with Gasteiger partial charge in [0.25, 0.3) is 11.4 Å². The van der Waals surface area contributed by atoms with Gasteiger partial charge in [-0.05, 0) is 23.3 Å². The lowest BCUT2D eigenvalue weighted by atomic mass is 10.0. The Labute approximate surface area is 154 Å². The van der Waals surface area contributed by atoms with Crippen molar-refractivity contribution < 1.29 is 9.15 Å². The zero-order valence-corrected chi connectivity index (χ0v) is 14.9. The first kappa shape index (κ1) is 16.8. The minimum Gasteiger partial charge on any atom is -0.452 e. The molecule has 0 atom stereocenters. The highest BCUT2D eigenvalue weighted by Crippen LogP contribution is 2.25. The minimum atomic E-state index is -0.241. The predicted octanol–water partition coefficient (Wildman–Crippen LogP) is 2.65.